The lowest BCUT2D eigenvalue weighted by molar-refractivity contribution is 0.207. The highest BCUT2D eigenvalue weighted by Gasteiger charge is 2.39. The molecule has 0 radical (unpaired) electrons. The summed E-state index contributed by atoms with van der Waals surface area (Å²) >= 11 is 1.59. The van der Waals surface area contributed by atoms with E-state index in [1.807, 2.05) is 103 Å². The maximum Gasteiger partial charge on any atom is 0.352 e. The molecule has 0 amide bonds. The van der Waals surface area contributed by atoms with Gasteiger partial charge in [-0.05, 0) is 43.0 Å². The van der Waals surface area contributed by atoms with Crippen LogP contribution < -0.4 is 5.32 Å². The molecule has 172 valence electrons. The highest BCUT2D eigenvalue weighted by Crippen LogP contribution is 2.61. The van der Waals surface area contributed by atoms with Crippen molar-refractivity contribution < 1.29 is 13.6 Å². The van der Waals surface area contributed by atoms with E-state index in [9.17, 15) is 4.57 Å². The van der Waals surface area contributed by atoms with Gasteiger partial charge in [-0.15, -0.1) is 11.3 Å². The van der Waals surface area contributed by atoms with Gasteiger partial charge in [0.15, 0.2) is 0 Å². The Kier molecular flexibility index (Phi) is 7.91. The average Bonchev–Trinajstić information content (AvgIpc) is 3.51. The smallest absolute Gasteiger partial charge is 0.308 e. The van der Waals surface area contributed by atoms with Gasteiger partial charge in [-0.2, -0.15) is 5.10 Å². The molecule has 0 aliphatic heterocycles. The number of hydrogen-bond donors (Lipinski definition) is 1. The van der Waals surface area contributed by atoms with Gasteiger partial charge in [0, 0.05) is 18.3 Å². The molecule has 0 saturated carbocycles. The topological polar surface area (TPSA) is 65.4 Å². The lowest BCUT2D eigenvalue weighted by Crippen LogP contribution is -2.23. The van der Waals surface area contributed by atoms with Gasteiger partial charge in [-0.25, -0.2) is 4.68 Å². The standard InChI is InChI=1S/C25H28N3O3PS/c1-3-30-32(29,31-4-2)25(26-18-20-12-7-5-8-13-20)22-19-28(21-14-9-6-10-15-21)27-24(22)23-16-11-17-33-23/h5-17,19,25-26H,3-4,18H2,1-2H3/t25-/m1/s1. The molecule has 4 aromatic rings. The number of rotatable bonds is 11. The fourth-order valence-electron chi connectivity index (χ4n) is 3.65. The number of aromatic nitrogens is 2. The molecule has 0 saturated heterocycles. The summed E-state index contributed by atoms with van der Waals surface area (Å²) in [6.07, 6.45) is 1.93. The van der Waals surface area contributed by atoms with Gasteiger partial charge >= 0.3 is 7.60 Å². The van der Waals surface area contributed by atoms with Gasteiger partial charge in [0.1, 0.15) is 11.5 Å². The largest absolute Gasteiger partial charge is 0.352 e. The first-order valence-electron chi connectivity index (χ1n) is 11.0. The van der Waals surface area contributed by atoms with E-state index in [0.29, 0.717) is 6.54 Å². The molecule has 2 aromatic heterocycles. The van der Waals surface area contributed by atoms with Crippen LogP contribution in [0.2, 0.25) is 0 Å². The average molecular weight is 482 g/mol. The third kappa shape index (κ3) is 5.52. The molecule has 0 aliphatic carbocycles. The van der Waals surface area contributed by atoms with Gasteiger partial charge in [0.2, 0.25) is 0 Å². The van der Waals surface area contributed by atoms with Crippen LogP contribution >= 0.6 is 18.9 Å². The van der Waals surface area contributed by atoms with Gasteiger partial charge in [0.25, 0.3) is 0 Å². The Morgan fingerprint density at radius 1 is 0.970 bits per heavy atom. The van der Waals surface area contributed by atoms with Crippen molar-refractivity contribution in [2.45, 2.75) is 26.2 Å². The molecule has 0 fully saturated rings. The van der Waals surface area contributed by atoms with E-state index < -0.39 is 13.4 Å². The monoisotopic (exact) mass is 481 g/mol. The van der Waals surface area contributed by atoms with Gasteiger partial charge < -0.3 is 9.05 Å². The van der Waals surface area contributed by atoms with Crippen LogP contribution in [0.15, 0.2) is 84.4 Å². The van der Waals surface area contributed by atoms with Gasteiger partial charge in [0.05, 0.1) is 23.8 Å². The molecule has 8 heteroatoms. The van der Waals surface area contributed by atoms with Crippen molar-refractivity contribution in [3.63, 3.8) is 0 Å². The molecule has 0 bridgehead atoms. The zero-order valence-corrected chi connectivity index (χ0v) is 20.5. The molecule has 1 N–H and O–H groups in total. The molecule has 2 heterocycles. The first-order chi connectivity index (χ1) is 16.1. The summed E-state index contributed by atoms with van der Waals surface area (Å²) in [6, 6.07) is 23.9. The van der Waals surface area contributed by atoms with E-state index in [0.717, 1.165) is 27.4 Å². The number of benzene rings is 2. The Morgan fingerprint density at radius 3 is 2.24 bits per heavy atom. The van der Waals surface area contributed by atoms with E-state index in [1.165, 1.54) is 0 Å². The lowest BCUT2D eigenvalue weighted by Gasteiger charge is -2.27. The summed E-state index contributed by atoms with van der Waals surface area (Å²) in [7, 11) is -3.56. The minimum atomic E-state index is -3.56. The van der Waals surface area contributed by atoms with Gasteiger partial charge in [-0.3, -0.25) is 9.88 Å². The molecule has 1 atom stereocenters. The zero-order chi connectivity index (χ0) is 23.1. The summed E-state index contributed by atoms with van der Waals surface area (Å²) in [4.78, 5) is 0.991. The van der Waals surface area contributed by atoms with Crippen molar-refractivity contribution in [1.82, 2.24) is 15.1 Å². The number of hydrogen-bond acceptors (Lipinski definition) is 6. The van der Waals surface area contributed by atoms with E-state index in [1.54, 1.807) is 11.3 Å². The molecule has 0 unspecified atom stereocenters. The summed E-state index contributed by atoms with van der Waals surface area (Å²) in [6.45, 7) is 4.72. The molecule has 0 spiro atoms. The molecule has 0 aliphatic rings. The Bertz CT molecular complexity index is 1170. The van der Waals surface area contributed by atoms with Crippen LogP contribution in [0.25, 0.3) is 16.3 Å². The molecule has 4 rings (SSSR count). The van der Waals surface area contributed by atoms with Crippen molar-refractivity contribution >= 4 is 18.9 Å². The van der Waals surface area contributed by atoms with Crippen LogP contribution in [-0.2, 0) is 20.2 Å². The molecular weight excluding hydrogens is 453 g/mol. The molecule has 33 heavy (non-hydrogen) atoms. The van der Waals surface area contributed by atoms with Gasteiger partial charge in [-0.1, -0.05) is 54.6 Å². The number of nitrogens with zero attached hydrogens (tertiary/aromatic N) is 2. The molecule has 2 aromatic carbocycles. The van der Waals surface area contributed by atoms with Crippen molar-refractivity contribution in [2.75, 3.05) is 13.2 Å². The summed E-state index contributed by atoms with van der Waals surface area (Å²) in [5.74, 6) is -0.688. The fourth-order valence-corrected chi connectivity index (χ4v) is 6.32. The van der Waals surface area contributed by atoms with Crippen LogP contribution in [0.5, 0.6) is 0 Å². The van der Waals surface area contributed by atoms with E-state index in [-0.39, 0.29) is 13.2 Å². The SMILES string of the molecule is CCOP(=O)(OCC)[C@@H](NCc1ccccc1)c1cn(-c2ccccc2)nc1-c1cccs1. The minimum absolute atomic E-state index is 0.280. The molecular formula is C25H28N3O3PS. The van der Waals surface area contributed by atoms with E-state index in [2.05, 4.69) is 5.32 Å². The summed E-state index contributed by atoms with van der Waals surface area (Å²) < 4.78 is 27.5. The van der Waals surface area contributed by atoms with Crippen LogP contribution in [0, 0.1) is 0 Å². The third-order valence-electron chi connectivity index (χ3n) is 5.09. The third-order valence-corrected chi connectivity index (χ3v) is 8.30. The predicted octanol–water partition coefficient (Wildman–Crippen LogP) is 6.66. The zero-order valence-electron chi connectivity index (χ0n) is 18.8. The van der Waals surface area contributed by atoms with E-state index in [4.69, 9.17) is 14.1 Å². The predicted molar refractivity (Wildman–Crippen MR) is 134 cm³/mol. The Morgan fingerprint density at radius 2 is 1.64 bits per heavy atom. The first kappa shape index (κ1) is 23.6. The van der Waals surface area contributed by atoms with Crippen molar-refractivity contribution in [3.05, 3.63) is 95.5 Å². The number of nitrogens with one attached hydrogen (secondary N) is 1. The second kappa shape index (κ2) is 11.1. The van der Waals surface area contributed by atoms with Crippen molar-refractivity contribution in [3.8, 4) is 16.3 Å². The summed E-state index contributed by atoms with van der Waals surface area (Å²) in [5, 5.41) is 10.4. The number of para-hydroxylation sites is 1. The van der Waals surface area contributed by atoms with E-state index >= 15 is 0 Å². The maximum absolute atomic E-state index is 14.1. The highest BCUT2D eigenvalue weighted by molar-refractivity contribution is 7.54. The Balaban J connectivity index is 1.82. The van der Waals surface area contributed by atoms with Crippen LogP contribution in [0.1, 0.15) is 30.8 Å². The van der Waals surface area contributed by atoms with Crippen LogP contribution in [0.3, 0.4) is 0 Å². The highest BCUT2D eigenvalue weighted by atomic mass is 32.1. The number of thiophene rings is 1. The quantitative estimate of drug-likeness (QED) is 0.243. The van der Waals surface area contributed by atoms with Crippen LogP contribution in [-0.4, -0.2) is 23.0 Å². The van der Waals surface area contributed by atoms with Crippen LogP contribution in [0.4, 0.5) is 0 Å². The summed E-state index contributed by atoms with van der Waals surface area (Å²) in [5.41, 5.74) is 3.54. The Labute approximate surface area is 198 Å². The Hall–Kier alpha value is -2.54. The van der Waals surface area contributed by atoms with Crippen molar-refractivity contribution in [1.29, 1.82) is 0 Å². The minimum Gasteiger partial charge on any atom is -0.308 e. The second-order valence-corrected chi connectivity index (χ2v) is 10.4. The first-order valence-corrected chi connectivity index (χ1v) is 13.5. The second-order valence-electron chi connectivity index (χ2n) is 7.33. The lowest BCUT2D eigenvalue weighted by atomic mass is 10.2. The fraction of sp³-hybridized carbons (Fsp3) is 0.240. The molecule has 6 nitrogen and oxygen atoms in total. The maximum atomic E-state index is 14.1. The normalized spacial score (nSPS) is 12.7. The van der Waals surface area contributed by atoms with Crippen molar-refractivity contribution in [2.24, 2.45) is 0 Å².